The number of likely N-dealkylation sites (tertiary alicyclic amines) is 1. The maximum Gasteiger partial charge on any atom is 0.255 e. The molecule has 1 amide bonds. The topological polar surface area (TPSA) is 78.9 Å². The van der Waals surface area contributed by atoms with Crippen molar-refractivity contribution in [1.82, 2.24) is 4.90 Å². The molecule has 0 saturated carbocycles. The fourth-order valence-electron chi connectivity index (χ4n) is 2.29. The largest absolute Gasteiger partial charge is 0.409 e. The van der Waals surface area contributed by atoms with Gasteiger partial charge in [-0.25, -0.2) is 0 Å². The number of carbonyl (C=O) groups excluding carboxylic acids is 1. The summed E-state index contributed by atoms with van der Waals surface area (Å²) in [5, 5.41) is 12.2. The number of nitrogens with zero attached hydrogens (tertiary/aromatic N) is 2. The van der Waals surface area contributed by atoms with Crippen molar-refractivity contribution in [3.05, 3.63) is 33.3 Å². The van der Waals surface area contributed by atoms with E-state index in [1.807, 2.05) is 0 Å². The number of hydrogen-bond donors (Lipinski definition) is 2. The summed E-state index contributed by atoms with van der Waals surface area (Å²) < 4.78 is 0.727. The van der Waals surface area contributed by atoms with Gasteiger partial charge in [-0.2, -0.15) is 0 Å². The third kappa shape index (κ3) is 3.24. The van der Waals surface area contributed by atoms with Crippen LogP contribution in [0.1, 0.15) is 23.2 Å². The molecule has 0 aliphatic carbocycles. The van der Waals surface area contributed by atoms with Gasteiger partial charge in [0.25, 0.3) is 5.91 Å². The van der Waals surface area contributed by atoms with Gasteiger partial charge in [0.1, 0.15) is 5.84 Å². The van der Waals surface area contributed by atoms with E-state index in [4.69, 9.17) is 22.5 Å². The predicted molar refractivity (Wildman–Crippen MR) is 81.2 cm³/mol. The van der Waals surface area contributed by atoms with Crippen LogP contribution in [0.25, 0.3) is 0 Å². The van der Waals surface area contributed by atoms with Gasteiger partial charge in [-0.1, -0.05) is 16.8 Å². The Labute approximate surface area is 130 Å². The third-order valence-electron chi connectivity index (χ3n) is 3.47. The molecule has 108 valence electrons. The number of amides is 1. The number of hydrogen-bond acceptors (Lipinski definition) is 3. The maximum absolute atomic E-state index is 12.4. The van der Waals surface area contributed by atoms with Crippen molar-refractivity contribution in [2.45, 2.75) is 12.8 Å². The number of rotatable bonds is 2. The monoisotopic (exact) mass is 359 g/mol. The average molecular weight is 361 g/mol. The van der Waals surface area contributed by atoms with Gasteiger partial charge in [0.2, 0.25) is 0 Å². The smallest absolute Gasteiger partial charge is 0.255 e. The van der Waals surface area contributed by atoms with Crippen molar-refractivity contribution in [3.8, 4) is 0 Å². The molecule has 1 aliphatic heterocycles. The van der Waals surface area contributed by atoms with Crippen LogP contribution < -0.4 is 5.73 Å². The second kappa shape index (κ2) is 6.45. The fourth-order valence-corrected chi connectivity index (χ4v) is 2.88. The molecule has 7 heteroatoms. The second-order valence-electron chi connectivity index (χ2n) is 4.72. The third-order valence-corrected chi connectivity index (χ3v) is 4.40. The highest BCUT2D eigenvalue weighted by atomic mass is 79.9. The Hall–Kier alpha value is -1.27. The SMILES string of the molecule is N/C(=N/O)C1CCN(C(=O)c2cc(Cl)ccc2Br)CC1. The Kier molecular flexibility index (Phi) is 4.88. The van der Waals surface area contributed by atoms with E-state index in [2.05, 4.69) is 21.1 Å². The Morgan fingerprint density at radius 3 is 2.70 bits per heavy atom. The summed E-state index contributed by atoms with van der Waals surface area (Å²) in [4.78, 5) is 14.2. The van der Waals surface area contributed by atoms with Crippen molar-refractivity contribution >= 4 is 39.3 Å². The lowest BCUT2D eigenvalue weighted by molar-refractivity contribution is 0.0708. The Balaban J connectivity index is 2.07. The molecular weight excluding hydrogens is 346 g/mol. The minimum absolute atomic E-state index is 0.0341. The lowest BCUT2D eigenvalue weighted by Crippen LogP contribution is -2.41. The van der Waals surface area contributed by atoms with Crippen LogP contribution in [0.3, 0.4) is 0 Å². The van der Waals surface area contributed by atoms with Gasteiger partial charge in [-0.3, -0.25) is 4.79 Å². The average Bonchev–Trinajstić information content (AvgIpc) is 2.48. The Morgan fingerprint density at radius 1 is 1.45 bits per heavy atom. The summed E-state index contributed by atoms with van der Waals surface area (Å²) >= 11 is 9.30. The zero-order chi connectivity index (χ0) is 14.7. The molecule has 5 nitrogen and oxygen atoms in total. The lowest BCUT2D eigenvalue weighted by atomic mass is 9.95. The molecule has 1 heterocycles. The van der Waals surface area contributed by atoms with Crippen LogP contribution in [0.2, 0.25) is 5.02 Å². The first-order valence-corrected chi connectivity index (χ1v) is 7.41. The van der Waals surface area contributed by atoms with E-state index in [9.17, 15) is 4.79 Å². The highest BCUT2D eigenvalue weighted by molar-refractivity contribution is 9.10. The molecule has 3 N–H and O–H groups in total. The van der Waals surface area contributed by atoms with Gasteiger partial charge in [0, 0.05) is 28.5 Å². The molecule has 0 atom stereocenters. The van der Waals surface area contributed by atoms with Crippen LogP contribution in [0.5, 0.6) is 0 Å². The number of carbonyl (C=O) groups is 1. The van der Waals surface area contributed by atoms with Crippen molar-refractivity contribution in [2.24, 2.45) is 16.8 Å². The summed E-state index contributed by atoms with van der Waals surface area (Å²) in [6.45, 7) is 1.16. The van der Waals surface area contributed by atoms with Gasteiger partial charge in [-0.05, 0) is 47.0 Å². The van der Waals surface area contributed by atoms with Crippen LogP contribution in [0, 0.1) is 5.92 Å². The van der Waals surface area contributed by atoms with E-state index in [0.29, 0.717) is 36.5 Å². The number of halogens is 2. The number of oxime groups is 1. The molecule has 1 saturated heterocycles. The van der Waals surface area contributed by atoms with Gasteiger partial charge in [0.05, 0.1) is 5.56 Å². The molecule has 0 spiro atoms. The van der Waals surface area contributed by atoms with E-state index in [-0.39, 0.29) is 17.7 Å². The minimum Gasteiger partial charge on any atom is -0.409 e. The van der Waals surface area contributed by atoms with Crippen molar-refractivity contribution < 1.29 is 10.0 Å². The molecular formula is C13H15BrClN3O2. The van der Waals surface area contributed by atoms with Crippen molar-refractivity contribution in [1.29, 1.82) is 0 Å². The van der Waals surface area contributed by atoms with Crippen LogP contribution in [-0.2, 0) is 0 Å². The van der Waals surface area contributed by atoms with Gasteiger partial charge >= 0.3 is 0 Å². The zero-order valence-corrected chi connectivity index (χ0v) is 13.1. The molecule has 1 aromatic carbocycles. The normalized spacial score (nSPS) is 17.3. The van der Waals surface area contributed by atoms with E-state index in [0.717, 1.165) is 4.47 Å². The maximum atomic E-state index is 12.4. The number of benzene rings is 1. The summed E-state index contributed by atoms with van der Waals surface area (Å²) in [6, 6.07) is 5.15. The molecule has 20 heavy (non-hydrogen) atoms. The second-order valence-corrected chi connectivity index (χ2v) is 6.01. The molecule has 2 rings (SSSR count). The molecule has 0 aromatic heterocycles. The van der Waals surface area contributed by atoms with Crippen molar-refractivity contribution in [3.63, 3.8) is 0 Å². The summed E-state index contributed by atoms with van der Waals surface area (Å²) in [7, 11) is 0. The summed E-state index contributed by atoms with van der Waals surface area (Å²) in [5.74, 6) is 0.213. The summed E-state index contributed by atoms with van der Waals surface area (Å²) in [6.07, 6.45) is 1.39. The van der Waals surface area contributed by atoms with E-state index in [1.54, 1.807) is 23.1 Å². The van der Waals surface area contributed by atoms with Crippen LogP contribution in [0.15, 0.2) is 27.8 Å². The van der Waals surface area contributed by atoms with Crippen molar-refractivity contribution in [2.75, 3.05) is 13.1 Å². The lowest BCUT2D eigenvalue weighted by Gasteiger charge is -2.31. The minimum atomic E-state index is -0.0580. The van der Waals surface area contributed by atoms with Gasteiger partial charge in [-0.15, -0.1) is 0 Å². The molecule has 0 bridgehead atoms. The van der Waals surface area contributed by atoms with E-state index >= 15 is 0 Å². The van der Waals surface area contributed by atoms with Gasteiger partial charge < -0.3 is 15.8 Å². The van der Waals surface area contributed by atoms with E-state index < -0.39 is 0 Å². The first-order valence-electron chi connectivity index (χ1n) is 6.24. The van der Waals surface area contributed by atoms with Crippen LogP contribution in [0.4, 0.5) is 0 Å². The molecule has 1 fully saturated rings. The molecule has 1 aromatic rings. The van der Waals surface area contributed by atoms with E-state index in [1.165, 1.54) is 0 Å². The number of nitrogens with two attached hydrogens (primary N) is 1. The first-order chi connectivity index (χ1) is 9.52. The zero-order valence-electron chi connectivity index (χ0n) is 10.7. The molecule has 0 radical (unpaired) electrons. The predicted octanol–water partition coefficient (Wildman–Crippen LogP) is 2.70. The number of piperidine rings is 1. The van der Waals surface area contributed by atoms with Gasteiger partial charge in [0.15, 0.2) is 0 Å². The summed E-state index contributed by atoms with van der Waals surface area (Å²) in [5.41, 5.74) is 6.15. The molecule has 1 aliphatic rings. The van der Waals surface area contributed by atoms with Crippen LogP contribution >= 0.6 is 27.5 Å². The molecule has 0 unspecified atom stereocenters. The fraction of sp³-hybridized carbons (Fsp3) is 0.385. The Bertz CT molecular complexity index is 542. The highest BCUT2D eigenvalue weighted by Gasteiger charge is 2.26. The number of amidine groups is 1. The standard InChI is InChI=1S/C13H15BrClN3O2/c14-11-2-1-9(15)7-10(11)13(19)18-5-3-8(4-6-18)12(16)17-20/h1-2,7-8,20H,3-6H2,(H2,16,17). The van der Waals surface area contributed by atoms with Crippen LogP contribution in [-0.4, -0.2) is 34.9 Å². The first kappa shape index (κ1) is 15.1. The quantitative estimate of drug-likeness (QED) is 0.368. The highest BCUT2D eigenvalue weighted by Crippen LogP contribution is 2.25. The Morgan fingerprint density at radius 2 is 2.10 bits per heavy atom.